The zero-order chi connectivity index (χ0) is 10.2. The molecule has 14 heavy (non-hydrogen) atoms. The van der Waals surface area contributed by atoms with Gasteiger partial charge in [0.1, 0.15) is 5.41 Å². The second-order valence-corrected chi connectivity index (χ2v) is 4.67. The fourth-order valence-electron chi connectivity index (χ4n) is 2.01. The number of likely N-dealkylation sites (tertiary alicyclic amines) is 1. The molecular formula is C11H16N2O. The summed E-state index contributed by atoms with van der Waals surface area (Å²) in [6, 6.07) is 2.17. The van der Waals surface area contributed by atoms with Gasteiger partial charge in [0, 0.05) is 13.1 Å². The van der Waals surface area contributed by atoms with Crippen molar-refractivity contribution in [2.75, 3.05) is 13.1 Å². The molecule has 76 valence electrons. The van der Waals surface area contributed by atoms with Gasteiger partial charge in [0.15, 0.2) is 0 Å². The van der Waals surface area contributed by atoms with Crippen LogP contribution in [0.15, 0.2) is 0 Å². The Kier molecular flexibility index (Phi) is 2.22. The zero-order valence-electron chi connectivity index (χ0n) is 8.62. The number of amides is 1. The van der Waals surface area contributed by atoms with Crippen molar-refractivity contribution in [1.29, 1.82) is 5.26 Å². The number of hydrogen-bond acceptors (Lipinski definition) is 2. The molecule has 2 aliphatic rings. The maximum absolute atomic E-state index is 11.9. The summed E-state index contributed by atoms with van der Waals surface area (Å²) in [7, 11) is 0. The third-order valence-electron chi connectivity index (χ3n) is 3.44. The normalized spacial score (nSPS) is 25.6. The minimum absolute atomic E-state index is 0.0897. The highest BCUT2D eigenvalue weighted by Crippen LogP contribution is 2.46. The Morgan fingerprint density at radius 3 is 2.43 bits per heavy atom. The van der Waals surface area contributed by atoms with E-state index in [0.29, 0.717) is 0 Å². The van der Waals surface area contributed by atoms with E-state index >= 15 is 0 Å². The fourth-order valence-corrected chi connectivity index (χ4v) is 2.01. The highest BCUT2D eigenvalue weighted by molar-refractivity contribution is 5.88. The molecule has 1 aliphatic carbocycles. The molecule has 0 bridgehead atoms. The molecule has 0 aromatic carbocycles. The number of hydrogen-bond donors (Lipinski definition) is 0. The molecule has 1 heterocycles. The third kappa shape index (κ3) is 1.50. The number of carbonyl (C=O) groups is 1. The number of carbonyl (C=O) groups excluding carboxylic acids is 1. The summed E-state index contributed by atoms with van der Waals surface area (Å²) in [6.45, 7) is 3.92. The van der Waals surface area contributed by atoms with Crippen molar-refractivity contribution in [1.82, 2.24) is 4.90 Å². The molecule has 2 rings (SSSR count). The van der Waals surface area contributed by atoms with Crippen LogP contribution in [0.25, 0.3) is 0 Å². The first-order valence-corrected chi connectivity index (χ1v) is 5.38. The van der Waals surface area contributed by atoms with Crippen LogP contribution in [0.1, 0.15) is 32.6 Å². The van der Waals surface area contributed by atoms with Gasteiger partial charge in [0.05, 0.1) is 6.07 Å². The van der Waals surface area contributed by atoms with Crippen molar-refractivity contribution in [3.63, 3.8) is 0 Å². The van der Waals surface area contributed by atoms with Gasteiger partial charge in [-0.2, -0.15) is 5.26 Å². The Balaban J connectivity index is 1.97. The van der Waals surface area contributed by atoms with Gasteiger partial charge in [0.2, 0.25) is 5.91 Å². The number of nitriles is 1. The van der Waals surface area contributed by atoms with Crippen LogP contribution in [-0.2, 0) is 4.79 Å². The lowest BCUT2D eigenvalue weighted by Gasteiger charge is -2.31. The molecular weight excluding hydrogens is 176 g/mol. The van der Waals surface area contributed by atoms with Crippen LogP contribution in [0, 0.1) is 22.7 Å². The van der Waals surface area contributed by atoms with E-state index in [1.54, 1.807) is 0 Å². The summed E-state index contributed by atoms with van der Waals surface area (Å²) >= 11 is 0. The van der Waals surface area contributed by atoms with Gasteiger partial charge in [-0.1, -0.05) is 6.92 Å². The SMILES string of the molecule is CC1CCN(C(=O)C2(C#N)CC2)CC1. The molecule has 1 aliphatic heterocycles. The van der Waals surface area contributed by atoms with Crippen LogP contribution in [0.2, 0.25) is 0 Å². The van der Waals surface area contributed by atoms with Crippen molar-refractivity contribution in [3.05, 3.63) is 0 Å². The topological polar surface area (TPSA) is 44.1 Å². The van der Waals surface area contributed by atoms with Crippen LogP contribution in [0.3, 0.4) is 0 Å². The lowest BCUT2D eigenvalue weighted by atomic mass is 9.97. The first kappa shape index (κ1) is 9.51. The molecule has 0 spiro atoms. The van der Waals surface area contributed by atoms with E-state index in [1.165, 1.54) is 0 Å². The van der Waals surface area contributed by atoms with E-state index in [4.69, 9.17) is 5.26 Å². The number of nitrogens with zero attached hydrogens (tertiary/aromatic N) is 2. The standard InChI is InChI=1S/C11H16N2O/c1-9-2-6-13(7-3-9)10(14)11(8-12)4-5-11/h9H,2-7H2,1H3. The van der Waals surface area contributed by atoms with E-state index in [9.17, 15) is 4.79 Å². The molecule has 2 fully saturated rings. The summed E-state index contributed by atoms with van der Waals surface area (Å²) in [4.78, 5) is 13.8. The van der Waals surface area contributed by atoms with E-state index < -0.39 is 5.41 Å². The molecule has 3 heteroatoms. The quantitative estimate of drug-likeness (QED) is 0.632. The van der Waals surface area contributed by atoms with E-state index in [0.717, 1.165) is 44.7 Å². The Morgan fingerprint density at radius 1 is 1.43 bits per heavy atom. The van der Waals surface area contributed by atoms with E-state index in [2.05, 4.69) is 13.0 Å². The minimum atomic E-state index is -0.611. The molecule has 0 atom stereocenters. The summed E-state index contributed by atoms with van der Waals surface area (Å²) < 4.78 is 0. The van der Waals surface area contributed by atoms with Crippen LogP contribution < -0.4 is 0 Å². The first-order chi connectivity index (χ1) is 6.68. The monoisotopic (exact) mass is 192 g/mol. The van der Waals surface area contributed by atoms with Crippen LogP contribution in [-0.4, -0.2) is 23.9 Å². The van der Waals surface area contributed by atoms with Gasteiger partial charge in [-0.15, -0.1) is 0 Å². The maximum Gasteiger partial charge on any atom is 0.243 e. The summed E-state index contributed by atoms with van der Waals surface area (Å²) in [6.07, 6.45) is 3.73. The predicted octanol–water partition coefficient (Wildman–Crippen LogP) is 1.55. The highest BCUT2D eigenvalue weighted by Gasteiger charge is 2.52. The van der Waals surface area contributed by atoms with Gasteiger partial charge in [0.25, 0.3) is 0 Å². The smallest absolute Gasteiger partial charge is 0.243 e. The summed E-state index contributed by atoms with van der Waals surface area (Å²) in [5, 5.41) is 8.91. The predicted molar refractivity (Wildman–Crippen MR) is 52.3 cm³/mol. The molecule has 1 saturated heterocycles. The molecule has 0 aromatic heterocycles. The number of rotatable bonds is 1. The third-order valence-corrected chi connectivity index (χ3v) is 3.44. The Hall–Kier alpha value is -1.04. The lowest BCUT2D eigenvalue weighted by molar-refractivity contribution is -0.136. The van der Waals surface area contributed by atoms with Gasteiger partial charge in [-0.05, 0) is 31.6 Å². The van der Waals surface area contributed by atoms with Gasteiger partial charge in [-0.25, -0.2) is 0 Å². The van der Waals surface area contributed by atoms with Gasteiger partial charge >= 0.3 is 0 Å². The molecule has 0 aromatic rings. The van der Waals surface area contributed by atoms with Gasteiger partial charge < -0.3 is 4.90 Å². The van der Waals surface area contributed by atoms with Crippen molar-refractivity contribution >= 4 is 5.91 Å². The molecule has 0 unspecified atom stereocenters. The van der Waals surface area contributed by atoms with E-state index in [-0.39, 0.29) is 5.91 Å². The van der Waals surface area contributed by atoms with Gasteiger partial charge in [-0.3, -0.25) is 4.79 Å². The van der Waals surface area contributed by atoms with Crippen LogP contribution >= 0.6 is 0 Å². The summed E-state index contributed by atoms with van der Waals surface area (Å²) in [5.74, 6) is 0.822. The largest absolute Gasteiger partial charge is 0.341 e. The lowest BCUT2D eigenvalue weighted by Crippen LogP contribution is -2.41. The number of piperidine rings is 1. The molecule has 1 saturated carbocycles. The first-order valence-electron chi connectivity index (χ1n) is 5.38. The summed E-state index contributed by atoms with van der Waals surface area (Å²) in [5.41, 5.74) is -0.611. The van der Waals surface area contributed by atoms with Crippen molar-refractivity contribution < 1.29 is 4.79 Å². The highest BCUT2D eigenvalue weighted by atomic mass is 16.2. The minimum Gasteiger partial charge on any atom is -0.341 e. The molecule has 1 amide bonds. The Morgan fingerprint density at radius 2 is 2.00 bits per heavy atom. The second kappa shape index (κ2) is 3.27. The molecule has 0 N–H and O–H groups in total. The van der Waals surface area contributed by atoms with Crippen molar-refractivity contribution in [3.8, 4) is 6.07 Å². The molecule has 3 nitrogen and oxygen atoms in total. The average molecular weight is 192 g/mol. The van der Waals surface area contributed by atoms with Crippen molar-refractivity contribution in [2.45, 2.75) is 32.6 Å². The maximum atomic E-state index is 11.9. The Bertz CT molecular complexity index is 280. The fraction of sp³-hybridized carbons (Fsp3) is 0.818. The molecule has 0 radical (unpaired) electrons. The van der Waals surface area contributed by atoms with Crippen LogP contribution in [0.4, 0.5) is 0 Å². The van der Waals surface area contributed by atoms with Crippen LogP contribution in [0.5, 0.6) is 0 Å². The average Bonchev–Trinajstić information content (AvgIpc) is 2.99. The van der Waals surface area contributed by atoms with Crippen molar-refractivity contribution in [2.24, 2.45) is 11.3 Å². The Labute approximate surface area is 84.7 Å². The zero-order valence-corrected chi connectivity index (χ0v) is 8.62. The van der Waals surface area contributed by atoms with E-state index in [1.807, 2.05) is 4.90 Å². The second-order valence-electron chi connectivity index (χ2n) is 4.67.